The molecule has 0 aliphatic carbocycles. The topological polar surface area (TPSA) is 89.3 Å². The van der Waals surface area contributed by atoms with Gasteiger partial charge in [-0.3, -0.25) is 9.36 Å². The molecule has 2 aromatic heterocycles. The molecule has 2 heterocycles. The van der Waals surface area contributed by atoms with Gasteiger partial charge in [0.1, 0.15) is 10.4 Å². The monoisotopic (exact) mass is 284 g/mol. The summed E-state index contributed by atoms with van der Waals surface area (Å²) in [6, 6.07) is 0.990. The largest absolute Gasteiger partial charge is 0.506 e. The number of sulfone groups is 1. The lowest BCUT2D eigenvalue weighted by molar-refractivity contribution is 0.480. The van der Waals surface area contributed by atoms with E-state index >= 15 is 0 Å². The van der Waals surface area contributed by atoms with E-state index < -0.39 is 15.4 Å². The zero-order chi connectivity index (χ0) is 13.5. The number of fused-ring (bicyclic) bond motifs is 1. The van der Waals surface area contributed by atoms with E-state index in [0.29, 0.717) is 0 Å². The van der Waals surface area contributed by atoms with Crippen molar-refractivity contribution in [3.8, 4) is 18.1 Å². The Bertz CT molecular complexity index is 824. The minimum atomic E-state index is -3.50. The fraction of sp³-hybridized carbons (Fsp3) is 0.200. The molecule has 8 heteroatoms. The first kappa shape index (κ1) is 12.6. The fourth-order valence-electron chi connectivity index (χ4n) is 1.41. The summed E-state index contributed by atoms with van der Waals surface area (Å²) in [6.07, 6.45) is 6.14. The average Bonchev–Trinajstić information content (AvgIpc) is 2.68. The first-order valence-electron chi connectivity index (χ1n) is 4.71. The van der Waals surface area contributed by atoms with Gasteiger partial charge in [0.15, 0.2) is 5.65 Å². The summed E-state index contributed by atoms with van der Waals surface area (Å²) in [5.74, 6) is 1.99. The molecular formula is C10H8N2O4S2. The highest BCUT2D eigenvalue weighted by molar-refractivity contribution is 7.92. The third-order valence-electron chi connectivity index (χ3n) is 2.17. The lowest BCUT2D eigenvalue weighted by atomic mass is 10.4. The Morgan fingerprint density at radius 2 is 2.28 bits per heavy atom. The van der Waals surface area contributed by atoms with Crippen molar-refractivity contribution in [1.82, 2.24) is 9.55 Å². The van der Waals surface area contributed by atoms with Crippen molar-refractivity contribution >= 4 is 31.5 Å². The number of rotatable bonds is 2. The van der Waals surface area contributed by atoms with Gasteiger partial charge in [0, 0.05) is 12.3 Å². The van der Waals surface area contributed by atoms with Crippen LogP contribution in [0.2, 0.25) is 0 Å². The highest BCUT2D eigenvalue weighted by Crippen LogP contribution is 2.30. The molecule has 18 heavy (non-hydrogen) atoms. The molecule has 2 aromatic rings. The van der Waals surface area contributed by atoms with Crippen LogP contribution >= 0.6 is 11.3 Å². The molecule has 0 spiro atoms. The zero-order valence-corrected chi connectivity index (χ0v) is 10.9. The second-order valence-electron chi connectivity index (χ2n) is 3.56. The molecule has 0 bridgehead atoms. The van der Waals surface area contributed by atoms with Gasteiger partial charge < -0.3 is 5.11 Å². The van der Waals surface area contributed by atoms with Crippen molar-refractivity contribution in [3.63, 3.8) is 0 Å². The molecule has 0 saturated heterocycles. The van der Waals surface area contributed by atoms with Crippen LogP contribution in [0.3, 0.4) is 0 Å². The second kappa shape index (κ2) is 4.12. The van der Waals surface area contributed by atoms with Crippen LogP contribution in [-0.4, -0.2) is 29.3 Å². The van der Waals surface area contributed by atoms with E-state index in [9.17, 15) is 18.3 Å². The minimum absolute atomic E-state index is 0.0391. The number of aromatic nitrogens is 2. The molecule has 6 nitrogen and oxygen atoms in total. The summed E-state index contributed by atoms with van der Waals surface area (Å²) in [4.78, 5) is 15.5. The maximum absolute atomic E-state index is 11.6. The summed E-state index contributed by atoms with van der Waals surface area (Å²) in [5, 5.41) is 9.63. The van der Waals surface area contributed by atoms with Gasteiger partial charge in [0.2, 0.25) is 14.2 Å². The Kier molecular flexibility index (Phi) is 2.88. The normalized spacial score (nSPS) is 11.6. The molecule has 1 N–H and O–H groups in total. The summed E-state index contributed by atoms with van der Waals surface area (Å²) in [6.45, 7) is -0.0391. The fourth-order valence-corrected chi connectivity index (χ4v) is 3.24. The van der Waals surface area contributed by atoms with E-state index in [1.54, 1.807) is 0 Å². The third kappa shape index (κ3) is 1.98. The van der Waals surface area contributed by atoms with E-state index in [4.69, 9.17) is 6.42 Å². The van der Waals surface area contributed by atoms with Crippen LogP contribution in [0.1, 0.15) is 0 Å². The van der Waals surface area contributed by atoms with Crippen molar-refractivity contribution in [3.05, 3.63) is 16.4 Å². The molecule has 0 radical (unpaired) electrons. The van der Waals surface area contributed by atoms with Crippen LogP contribution in [0.15, 0.2) is 15.2 Å². The molecule has 0 amide bonds. The van der Waals surface area contributed by atoms with Crippen molar-refractivity contribution < 1.29 is 13.5 Å². The average molecular weight is 284 g/mol. The SMILES string of the molecule is C#CCn1c(=O)cc(O)c2sc(S(C)(=O)=O)nc21. The number of terminal acetylenes is 1. The van der Waals surface area contributed by atoms with E-state index in [2.05, 4.69) is 10.9 Å². The molecule has 94 valence electrons. The van der Waals surface area contributed by atoms with Crippen molar-refractivity contribution in [2.75, 3.05) is 6.26 Å². The molecule has 0 fully saturated rings. The van der Waals surface area contributed by atoms with Gasteiger partial charge in [-0.05, 0) is 0 Å². The predicted molar refractivity (Wildman–Crippen MR) is 67.5 cm³/mol. The maximum Gasteiger partial charge on any atom is 0.256 e. The number of hydrogen-bond acceptors (Lipinski definition) is 6. The zero-order valence-electron chi connectivity index (χ0n) is 9.24. The number of pyridine rings is 1. The quantitative estimate of drug-likeness (QED) is 0.796. The van der Waals surface area contributed by atoms with Gasteiger partial charge >= 0.3 is 0 Å². The molecule has 0 saturated carbocycles. The standard InChI is InChI=1S/C10H8N2O4S2/c1-3-4-12-7(14)5-6(13)8-9(12)11-10(17-8)18(2,15)16/h1,5,13H,4H2,2H3. The van der Waals surface area contributed by atoms with Crippen LogP contribution in [0.5, 0.6) is 5.75 Å². The summed E-state index contributed by atoms with van der Waals surface area (Å²) < 4.78 is 24.0. The van der Waals surface area contributed by atoms with Gasteiger partial charge in [0.05, 0.1) is 6.54 Å². The smallest absolute Gasteiger partial charge is 0.256 e. The van der Waals surface area contributed by atoms with Crippen molar-refractivity contribution in [2.24, 2.45) is 0 Å². The Hall–Kier alpha value is -1.85. The van der Waals surface area contributed by atoms with Gasteiger partial charge in [-0.1, -0.05) is 17.3 Å². The molecule has 0 atom stereocenters. The Morgan fingerprint density at radius 1 is 1.61 bits per heavy atom. The molecule has 0 aromatic carbocycles. The second-order valence-corrected chi connectivity index (χ2v) is 6.75. The number of aromatic hydroxyl groups is 1. The van der Waals surface area contributed by atoms with Crippen LogP contribution in [0.4, 0.5) is 0 Å². The van der Waals surface area contributed by atoms with E-state index in [0.717, 1.165) is 28.2 Å². The Balaban J connectivity index is 2.91. The first-order chi connectivity index (χ1) is 8.34. The molecule has 0 unspecified atom stereocenters. The van der Waals surface area contributed by atoms with Crippen molar-refractivity contribution in [2.45, 2.75) is 10.9 Å². The van der Waals surface area contributed by atoms with E-state index in [-0.39, 0.29) is 27.0 Å². The summed E-state index contributed by atoms with van der Waals surface area (Å²) in [7, 11) is -3.50. The minimum Gasteiger partial charge on any atom is -0.506 e. The van der Waals surface area contributed by atoms with Gasteiger partial charge in [-0.25, -0.2) is 13.4 Å². The van der Waals surface area contributed by atoms with E-state index in [1.807, 2.05) is 0 Å². The summed E-state index contributed by atoms with van der Waals surface area (Å²) >= 11 is 0.802. The van der Waals surface area contributed by atoms with Crippen LogP contribution in [0.25, 0.3) is 10.3 Å². The first-order valence-corrected chi connectivity index (χ1v) is 7.42. The van der Waals surface area contributed by atoms with Gasteiger partial charge in [-0.15, -0.1) is 6.42 Å². The van der Waals surface area contributed by atoms with Gasteiger partial charge in [0.25, 0.3) is 5.56 Å². The molecule has 2 rings (SSSR count). The highest BCUT2D eigenvalue weighted by atomic mass is 32.2. The lowest BCUT2D eigenvalue weighted by Gasteiger charge is -2.02. The number of nitrogens with zero attached hydrogens (tertiary/aromatic N) is 2. The van der Waals surface area contributed by atoms with E-state index in [1.165, 1.54) is 0 Å². The van der Waals surface area contributed by atoms with Crippen LogP contribution in [-0.2, 0) is 16.4 Å². The van der Waals surface area contributed by atoms with Crippen molar-refractivity contribution in [1.29, 1.82) is 0 Å². The highest BCUT2D eigenvalue weighted by Gasteiger charge is 2.19. The third-order valence-corrected chi connectivity index (χ3v) is 4.92. The molecule has 0 aliphatic rings. The Labute approximate surface area is 106 Å². The van der Waals surface area contributed by atoms with Crippen LogP contribution < -0.4 is 5.56 Å². The predicted octanol–water partition coefficient (Wildman–Crippen LogP) is 0.200. The Morgan fingerprint density at radius 3 is 2.83 bits per heavy atom. The number of thiazole rings is 1. The van der Waals surface area contributed by atoms with Crippen LogP contribution in [0, 0.1) is 12.3 Å². The van der Waals surface area contributed by atoms with Gasteiger partial charge in [-0.2, -0.15) is 0 Å². The summed E-state index contributed by atoms with van der Waals surface area (Å²) in [5.41, 5.74) is -0.438. The maximum atomic E-state index is 11.6. The lowest BCUT2D eigenvalue weighted by Crippen LogP contribution is -2.18. The molecular weight excluding hydrogens is 276 g/mol. The number of hydrogen-bond donors (Lipinski definition) is 1. The molecule has 0 aliphatic heterocycles.